The Morgan fingerprint density at radius 2 is 1.76 bits per heavy atom. The molecule has 3 heterocycles. The maximum absolute atomic E-state index is 13.8. The molecule has 2 saturated heterocycles. The van der Waals surface area contributed by atoms with Crippen molar-refractivity contribution in [2.75, 3.05) is 25.9 Å². The highest BCUT2D eigenvalue weighted by Crippen LogP contribution is 2.40. The number of carbonyl (C=O) groups is 2. The molecule has 0 spiro atoms. The van der Waals surface area contributed by atoms with Gasteiger partial charge < -0.3 is 4.90 Å². The molecule has 0 bridgehead atoms. The second-order valence-corrected chi connectivity index (χ2v) is 12.4. The standard InChI is InChI=1S/C28H32N4O5S/c1-28(21-9-7-19(8-10-21)22-11-15-29-24-6-4-3-5-23(22)24)14-18-32(27(28)34)25(26(33)30-35)20-12-16-31(17-13-20)38(2,36)37/h3-11,15,20,25,35H,12-14,16-18H2,1-2H3,(H,30,33). The third kappa shape index (κ3) is 4.68. The molecule has 2 aliphatic rings. The smallest absolute Gasteiger partial charge is 0.266 e. The number of hydroxylamine groups is 1. The van der Waals surface area contributed by atoms with Crippen molar-refractivity contribution >= 4 is 32.7 Å². The van der Waals surface area contributed by atoms with E-state index in [2.05, 4.69) is 4.98 Å². The molecule has 2 aliphatic heterocycles. The highest BCUT2D eigenvalue weighted by Gasteiger charge is 2.50. The Hall–Kier alpha value is -3.34. The summed E-state index contributed by atoms with van der Waals surface area (Å²) in [5.41, 5.74) is 4.78. The Morgan fingerprint density at radius 3 is 2.42 bits per heavy atom. The van der Waals surface area contributed by atoms with Crippen LogP contribution in [-0.2, 0) is 25.0 Å². The van der Waals surface area contributed by atoms with Crippen LogP contribution in [0, 0.1) is 5.92 Å². The minimum Gasteiger partial charge on any atom is -0.329 e. The summed E-state index contributed by atoms with van der Waals surface area (Å²) in [4.78, 5) is 32.6. The van der Waals surface area contributed by atoms with E-state index in [1.165, 1.54) is 10.6 Å². The molecule has 0 radical (unpaired) electrons. The molecule has 5 rings (SSSR count). The van der Waals surface area contributed by atoms with E-state index in [0.717, 1.165) is 27.6 Å². The van der Waals surface area contributed by atoms with E-state index in [1.54, 1.807) is 16.6 Å². The number of likely N-dealkylation sites (tertiary alicyclic amines) is 1. The number of benzene rings is 2. The van der Waals surface area contributed by atoms with Gasteiger partial charge in [-0.3, -0.25) is 19.8 Å². The second-order valence-electron chi connectivity index (χ2n) is 10.5. The Balaban J connectivity index is 1.38. The van der Waals surface area contributed by atoms with E-state index in [-0.39, 0.29) is 24.9 Å². The zero-order valence-electron chi connectivity index (χ0n) is 21.5. The Labute approximate surface area is 222 Å². The lowest BCUT2D eigenvalue weighted by molar-refractivity contribution is -0.146. The summed E-state index contributed by atoms with van der Waals surface area (Å²) in [6, 6.07) is 17.0. The summed E-state index contributed by atoms with van der Waals surface area (Å²) in [5.74, 6) is -1.06. The lowest BCUT2D eigenvalue weighted by atomic mass is 9.80. The lowest BCUT2D eigenvalue weighted by Gasteiger charge is -2.38. The first-order chi connectivity index (χ1) is 18.1. The third-order valence-electron chi connectivity index (χ3n) is 8.20. The summed E-state index contributed by atoms with van der Waals surface area (Å²) in [7, 11) is -3.32. The van der Waals surface area contributed by atoms with E-state index in [9.17, 15) is 23.2 Å². The van der Waals surface area contributed by atoms with Gasteiger partial charge in [-0.1, -0.05) is 42.5 Å². The van der Waals surface area contributed by atoms with Crippen molar-refractivity contribution in [3.63, 3.8) is 0 Å². The van der Waals surface area contributed by atoms with Crippen LogP contribution in [0.25, 0.3) is 22.0 Å². The van der Waals surface area contributed by atoms with Crippen molar-refractivity contribution in [1.29, 1.82) is 0 Å². The van der Waals surface area contributed by atoms with Crippen molar-refractivity contribution in [3.05, 3.63) is 66.4 Å². The summed E-state index contributed by atoms with van der Waals surface area (Å²) in [5, 5.41) is 10.5. The first-order valence-electron chi connectivity index (χ1n) is 12.8. The molecule has 9 nitrogen and oxygen atoms in total. The molecule has 2 aromatic carbocycles. The molecule has 3 aromatic rings. The molecule has 1 aromatic heterocycles. The van der Waals surface area contributed by atoms with Gasteiger partial charge in [0, 0.05) is 31.2 Å². The van der Waals surface area contributed by atoms with Crippen LogP contribution in [0.4, 0.5) is 0 Å². The van der Waals surface area contributed by atoms with Crippen molar-refractivity contribution in [1.82, 2.24) is 19.7 Å². The number of rotatable bonds is 6. The number of hydrogen-bond acceptors (Lipinski definition) is 6. The van der Waals surface area contributed by atoms with E-state index < -0.39 is 27.4 Å². The van der Waals surface area contributed by atoms with Crippen molar-refractivity contribution < 1.29 is 23.2 Å². The van der Waals surface area contributed by atoms with E-state index in [1.807, 2.05) is 61.5 Å². The van der Waals surface area contributed by atoms with E-state index >= 15 is 0 Å². The summed E-state index contributed by atoms with van der Waals surface area (Å²) in [6.07, 6.45) is 4.35. The van der Waals surface area contributed by atoms with Gasteiger partial charge in [-0.15, -0.1) is 0 Å². The second kappa shape index (κ2) is 10.1. The average molecular weight is 537 g/mol. The van der Waals surface area contributed by atoms with Crippen molar-refractivity contribution in [2.24, 2.45) is 5.92 Å². The van der Waals surface area contributed by atoms with Gasteiger partial charge in [-0.2, -0.15) is 0 Å². The molecule has 2 atom stereocenters. The summed E-state index contributed by atoms with van der Waals surface area (Å²) >= 11 is 0. The summed E-state index contributed by atoms with van der Waals surface area (Å²) < 4.78 is 25.2. The van der Waals surface area contributed by atoms with Crippen LogP contribution in [0.15, 0.2) is 60.8 Å². The molecule has 2 unspecified atom stereocenters. The fraction of sp³-hybridized carbons (Fsp3) is 0.393. The predicted molar refractivity (Wildman–Crippen MR) is 144 cm³/mol. The number of fused-ring (bicyclic) bond motifs is 1. The maximum Gasteiger partial charge on any atom is 0.266 e. The topological polar surface area (TPSA) is 120 Å². The van der Waals surface area contributed by atoms with Gasteiger partial charge in [-0.05, 0) is 60.9 Å². The van der Waals surface area contributed by atoms with Crippen LogP contribution in [-0.4, -0.2) is 71.6 Å². The van der Waals surface area contributed by atoms with Crippen LogP contribution in [0.1, 0.15) is 31.7 Å². The number of nitrogens with zero attached hydrogens (tertiary/aromatic N) is 3. The monoisotopic (exact) mass is 536 g/mol. The van der Waals surface area contributed by atoms with Crippen LogP contribution >= 0.6 is 0 Å². The van der Waals surface area contributed by atoms with Crippen molar-refractivity contribution in [2.45, 2.75) is 37.6 Å². The first-order valence-corrected chi connectivity index (χ1v) is 14.6. The SMILES string of the molecule is CC1(c2ccc(-c3ccnc4ccccc34)cc2)CCN(C(C(=O)NO)C2CCN(S(C)(=O)=O)CC2)C1=O. The molecule has 2 amide bonds. The number of carbonyl (C=O) groups excluding carboxylic acids is 2. The number of aromatic nitrogens is 1. The van der Waals surface area contributed by atoms with Crippen LogP contribution in [0.5, 0.6) is 0 Å². The maximum atomic E-state index is 13.8. The van der Waals surface area contributed by atoms with E-state index in [0.29, 0.717) is 25.8 Å². The van der Waals surface area contributed by atoms with Gasteiger partial charge in [0.05, 0.1) is 17.2 Å². The van der Waals surface area contributed by atoms with Gasteiger partial charge in [0.25, 0.3) is 5.91 Å². The van der Waals surface area contributed by atoms with Gasteiger partial charge >= 0.3 is 0 Å². The Bertz CT molecular complexity index is 1460. The third-order valence-corrected chi connectivity index (χ3v) is 9.50. The number of pyridine rings is 1. The Morgan fingerprint density at radius 1 is 1.08 bits per heavy atom. The number of nitrogens with one attached hydrogen (secondary N) is 1. The first kappa shape index (κ1) is 26.3. The van der Waals surface area contributed by atoms with Crippen LogP contribution in [0.3, 0.4) is 0 Å². The largest absolute Gasteiger partial charge is 0.329 e. The number of piperidine rings is 1. The van der Waals surface area contributed by atoms with Crippen LogP contribution in [0.2, 0.25) is 0 Å². The molecular weight excluding hydrogens is 504 g/mol. The van der Waals surface area contributed by atoms with Crippen molar-refractivity contribution in [3.8, 4) is 11.1 Å². The van der Waals surface area contributed by atoms with E-state index in [4.69, 9.17) is 0 Å². The quantitative estimate of drug-likeness (QED) is 0.369. The number of hydrogen-bond donors (Lipinski definition) is 2. The highest BCUT2D eigenvalue weighted by molar-refractivity contribution is 7.88. The zero-order valence-corrected chi connectivity index (χ0v) is 22.3. The predicted octanol–water partition coefficient (Wildman–Crippen LogP) is 2.94. The average Bonchev–Trinajstić information content (AvgIpc) is 3.23. The number of amides is 2. The molecule has 0 saturated carbocycles. The summed E-state index contributed by atoms with van der Waals surface area (Å²) in [6.45, 7) is 2.83. The molecular formula is C28H32N4O5S. The molecule has 200 valence electrons. The molecule has 0 aliphatic carbocycles. The molecule has 2 N–H and O–H groups in total. The van der Waals surface area contributed by atoms with Gasteiger partial charge in [0.2, 0.25) is 15.9 Å². The molecule has 2 fully saturated rings. The zero-order chi connectivity index (χ0) is 27.1. The normalized spacial score (nSPS) is 22.1. The minimum atomic E-state index is -3.32. The number of sulfonamides is 1. The van der Waals surface area contributed by atoms with Gasteiger partial charge in [0.1, 0.15) is 6.04 Å². The van der Waals surface area contributed by atoms with Crippen LogP contribution < -0.4 is 5.48 Å². The molecule has 10 heteroatoms. The lowest BCUT2D eigenvalue weighted by Crippen LogP contribution is -2.55. The fourth-order valence-corrected chi connectivity index (χ4v) is 6.84. The fourth-order valence-electron chi connectivity index (χ4n) is 5.97. The minimum absolute atomic E-state index is 0.168. The Kier molecular flexibility index (Phi) is 6.97. The van der Waals surface area contributed by atoms with Gasteiger partial charge in [0.15, 0.2) is 0 Å². The number of para-hydroxylation sites is 1. The van der Waals surface area contributed by atoms with Gasteiger partial charge in [-0.25, -0.2) is 18.2 Å². The molecule has 38 heavy (non-hydrogen) atoms. The highest BCUT2D eigenvalue weighted by atomic mass is 32.2.